The van der Waals surface area contributed by atoms with Gasteiger partial charge in [0.1, 0.15) is 11.8 Å². The number of hydrogen-bond acceptors (Lipinski definition) is 4. The number of hydrogen-bond donors (Lipinski definition) is 2. The molecule has 6 heteroatoms. The third-order valence-electron chi connectivity index (χ3n) is 4.39. The number of aromatic hydroxyl groups is 1. The number of carbonyl (C=O) groups excluding carboxylic acids is 2. The van der Waals surface area contributed by atoms with Crippen molar-refractivity contribution in [1.82, 2.24) is 9.88 Å². The molecule has 2 aromatic carbocycles. The summed E-state index contributed by atoms with van der Waals surface area (Å²) in [5.41, 5.74) is 3.22. The molecule has 1 saturated heterocycles. The molecule has 1 aliphatic rings. The van der Waals surface area contributed by atoms with E-state index < -0.39 is 6.04 Å². The van der Waals surface area contributed by atoms with Crippen molar-refractivity contribution in [3.63, 3.8) is 0 Å². The van der Waals surface area contributed by atoms with Crippen LogP contribution in [0.15, 0.2) is 54.7 Å². The molecule has 1 aromatic heterocycles. The van der Waals surface area contributed by atoms with E-state index in [0.717, 1.165) is 33.8 Å². The van der Waals surface area contributed by atoms with Gasteiger partial charge in [-0.05, 0) is 35.4 Å². The molecule has 1 unspecified atom stereocenters. The molecule has 3 aromatic rings. The maximum Gasteiger partial charge on any atom is 0.287 e. The summed E-state index contributed by atoms with van der Waals surface area (Å²) >= 11 is 0.747. The first-order valence-electron chi connectivity index (χ1n) is 7.97. The third-order valence-corrected chi connectivity index (χ3v) is 5.18. The number of nitrogens with zero attached hydrogens (tertiary/aromatic N) is 1. The Morgan fingerprint density at radius 3 is 2.60 bits per heavy atom. The van der Waals surface area contributed by atoms with Crippen molar-refractivity contribution in [1.29, 1.82) is 0 Å². The van der Waals surface area contributed by atoms with E-state index in [2.05, 4.69) is 9.88 Å². The molecule has 0 aliphatic carbocycles. The highest BCUT2D eigenvalue weighted by Crippen LogP contribution is 2.25. The van der Waals surface area contributed by atoms with Crippen LogP contribution in [0.3, 0.4) is 0 Å². The largest absolute Gasteiger partial charge is 0.508 e. The van der Waals surface area contributed by atoms with E-state index in [1.165, 1.54) is 0 Å². The van der Waals surface area contributed by atoms with Gasteiger partial charge in [-0.2, -0.15) is 0 Å². The number of phenolic OH excluding ortho intramolecular Hbond substituents is 1. The van der Waals surface area contributed by atoms with Crippen LogP contribution in [0.4, 0.5) is 4.79 Å². The maximum absolute atomic E-state index is 11.9. The van der Waals surface area contributed by atoms with E-state index in [-0.39, 0.29) is 16.1 Å². The molecule has 25 heavy (non-hydrogen) atoms. The van der Waals surface area contributed by atoms with Gasteiger partial charge in [0.05, 0.1) is 0 Å². The number of amides is 1. The Morgan fingerprint density at radius 2 is 1.88 bits per heavy atom. The summed E-state index contributed by atoms with van der Waals surface area (Å²) in [5, 5.41) is 12.8. The van der Waals surface area contributed by atoms with Gasteiger partial charge < -0.3 is 15.0 Å². The van der Waals surface area contributed by atoms with E-state index in [4.69, 9.17) is 0 Å². The average molecular weight is 352 g/mol. The molecule has 0 radical (unpaired) electrons. The summed E-state index contributed by atoms with van der Waals surface area (Å²) in [6.45, 7) is 0.697. The molecule has 1 aliphatic heterocycles. The zero-order valence-corrected chi connectivity index (χ0v) is 14.1. The summed E-state index contributed by atoms with van der Waals surface area (Å²) < 4.78 is 2.13. The molecular weight excluding hydrogens is 336 g/mol. The van der Waals surface area contributed by atoms with Gasteiger partial charge in [0.15, 0.2) is 0 Å². The number of thioether (sulfide) groups is 1. The zero-order valence-electron chi connectivity index (χ0n) is 13.3. The number of aromatic nitrogens is 1. The second kappa shape index (κ2) is 6.29. The molecule has 0 spiro atoms. The Labute approximate surface area is 148 Å². The Bertz CT molecular complexity index is 962. The standard InChI is InChI=1S/C19H16N2O3S/c22-14-6-4-12(5-7-14)11-21-9-8-15-13(2-1-3-17(15)21)10-16-18(23)25-19(24)20-16/h1-9,16,22H,10-11H2,(H,20,24). The highest BCUT2D eigenvalue weighted by atomic mass is 32.2. The molecular formula is C19H16N2O3S. The molecule has 1 atom stereocenters. The van der Waals surface area contributed by atoms with Crippen LogP contribution in [0.1, 0.15) is 11.1 Å². The van der Waals surface area contributed by atoms with Crippen LogP contribution in [0.2, 0.25) is 0 Å². The Balaban J connectivity index is 1.62. The lowest BCUT2D eigenvalue weighted by Crippen LogP contribution is -2.30. The summed E-state index contributed by atoms with van der Waals surface area (Å²) in [5.74, 6) is 0.254. The Hall–Kier alpha value is -2.73. The van der Waals surface area contributed by atoms with Crippen LogP contribution in [0.5, 0.6) is 5.75 Å². The summed E-state index contributed by atoms with van der Waals surface area (Å²) in [7, 11) is 0. The van der Waals surface area contributed by atoms with Gasteiger partial charge >= 0.3 is 0 Å². The van der Waals surface area contributed by atoms with Gasteiger partial charge in [0.2, 0.25) is 5.12 Å². The molecule has 126 valence electrons. The van der Waals surface area contributed by atoms with Gasteiger partial charge in [-0.25, -0.2) is 0 Å². The van der Waals surface area contributed by atoms with E-state index in [1.807, 2.05) is 42.6 Å². The molecule has 1 fully saturated rings. The average Bonchev–Trinajstić information content (AvgIpc) is 3.14. The van der Waals surface area contributed by atoms with Crippen molar-refractivity contribution < 1.29 is 14.7 Å². The van der Waals surface area contributed by atoms with Crippen molar-refractivity contribution in [2.45, 2.75) is 19.0 Å². The van der Waals surface area contributed by atoms with E-state index in [9.17, 15) is 14.7 Å². The summed E-state index contributed by atoms with van der Waals surface area (Å²) in [6.07, 6.45) is 2.52. The highest BCUT2D eigenvalue weighted by molar-refractivity contribution is 8.26. The van der Waals surface area contributed by atoms with E-state index in [0.29, 0.717) is 13.0 Å². The fourth-order valence-corrected chi connectivity index (χ4v) is 3.82. The minimum Gasteiger partial charge on any atom is -0.508 e. The number of phenols is 1. The van der Waals surface area contributed by atoms with E-state index in [1.54, 1.807) is 12.1 Å². The lowest BCUT2D eigenvalue weighted by molar-refractivity contribution is -0.112. The first-order valence-corrected chi connectivity index (χ1v) is 8.78. The summed E-state index contributed by atoms with van der Waals surface area (Å²) in [6, 6.07) is 14.8. The topological polar surface area (TPSA) is 71.3 Å². The quantitative estimate of drug-likeness (QED) is 0.756. The lowest BCUT2D eigenvalue weighted by Gasteiger charge is -2.10. The number of rotatable bonds is 4. The molecule has 0 bridgehead atoms. The second-order valence-electron chi connectivity index (χ2n) is 6.07. The molecule has 5 nitrogen and oxygen atoms in total. The summed E-state index contributed by atoms with van der Waals surface area (Å²) in [4.78, 5) is 23.2. The lowest BCUT2D eigenvalue weighted by atomic mass is 10.0. The van der Waals surface area contributed by atoms with Crippen molar-refractivity contribution >= 4 is 33.0 Å². The smallest absolute Gasteiger partial charge is 0.287 e. The first-order chi connectivity index (χ1) is 12.1. The van der Waals surface area contributed by atoms with Crippen LogP contribution in [0, 0.1) is 0 Å². The fourth-order valence-electron chi connectivity index (χ4n) is 3.15. The van der Waals surface area contributed by atoms with Crippen LogP contribution >= 0.6 is 11.8 Å². The predicted molar refractivity (Wildman–Crippen MR) is 97.8 cm³/mol. The number of nitrogens with one attached hydrogen (secondary N) is 1. The number of carbonyl (C=O) groups is 2. The van der Waals surface area contributed by atoms with E-state index >= 15 is 0 Å². The van der Waals surface area contributed by atoms with Gasteiger partial charge in [0.25, 0.3) is 5.24 Å². The van der Waals surface area contributed by atoms with Crippen molar-refractivity contribution in [3.05, 3.63) is 65.9 Å². The van der Waals surface area contributed by atoms with Crippen molar-refractivity contribution in [2.24, 2.45) is 0 Å². The highest BCUT2D eigenvalue weighted by Gasteiger charge is 2.31. The third kappa shape index (κ3) is 3.13. The molecule has 0 saturated carbocycles. The molecule has 1 amide bonds. The fraction of sp³-hybridized carbons (Fsp3) is 0.158. The molecule has 2 N–H and O–H groups in total. The van der Waals surface area contributed by atoms with Crippen LogP contribution in [-0.2, 0) is 17.8 Å². The van der Waals surface area contributed by atoms with Crippen molar-refractivity contribution in [2.75, 3.05) is 0 Å². The van der Waals surface area contributed by atoms with Crippen LogP contribution < -0.4 is 5.32 Å². The number of benzene rings is 2. The van der Waals surface area contributed by atoms with Gasteiger partial charge in [-0.3, -0.25) is 9.59 Å². The monoisotopic (exact) mass is 352 g/mol. The van der Waals surface area contributed by atoms with Gasteiger partial charge in [-0.1, -0.05) is 24.3 Å². The number of fused-ring (bicyclic) bond motifs is 1. The molecule has 4 rings (SSSR count). The molecule has 2 heterocycles. The van der Waals surface area contributed by atoms with Crippen molar-refractivity contribution in [3.8, 4) is 5.75 Å². The van der Waals surface area contributed by atoms with Gasteiger partial charge in [-0.15, -0.1) is 0 Å². The minimum atomic E-state index is -0.455. The maximum atomic E-state index is 11.9. The SMILES string of the molecule is O=C1NC(Cc2cccc3c2ccn3Cc2ccc(O)cc2)C(=O)S1. The second-order valence-corrected chi connectivity index (χ2v) is 7.05. The van der Waals surface area contributed by atoms with Gasteiger partial charge in [0, 0.05) is 41.8 Å². The Morgan fingerprint density at radius 1 is 1.08 bits per heavy atom. The van der Waals surface area contributed by atoms with Crippen LogP contribution in [-0.4, -0.2) is 26.1 Å². The first kappa shape index (κ1) is 15.8. The Kier molecular flexibility index (Phi) is 3.97. The zero-order chi connectivity index (χ0) is 17.4. The normalized spacial score (nSPS) is 17.2. The predicted octanol–water partition coefficient (Wildman–Crippen LogP) is 3.29. The van der Waals surface area contributed by atoms with Crippen LogP contribution in [0.25, 0.3) is 10.9 Å². The minimum absolute atomic E-state index is 0.120.